The fourth-order valence-corrected chi connectivity index (χ4v) is 3.79. The Balaban J connectivity index is 1.89. The summed E-state index contributed by atoms with van der Waals surface area (Å²) >= 11 is 0. The molecule has 0 unspecified atom stereocenters. The summed E-state index contributed by atoms with van der Waals surface area (Å²) in [5, 5.41) is 0. The van der Waals surface area contributed by atoms with Gasteiger partial charge in [0.05, 0.1) is 12.6 Å². The molecule has 1 aliphatic rings. The van der Waals surface area contributed by atoms with Crippen molar-refractivity contribution in [3.05, 3.63) is 59.4 Å². The third-order valence-electron chi connectivity index (χ3n) is 5.23. The lowest BCUT2D eigenvalue weighted by molar-refractivity contribution is -0.142. The van der Waals surface area contributed by atoms with Crippen molar-refractivity contribution in [2.45, 2.75) is 46.2 Å². The molecule has 0 fully saturated rings. The summed E-state index contributed by atoms with van der Waals surface area (Å²) in [4.78, 5) is 29.1. The van der Waals surface area contributed by atoms with Crippen LogP contribution in [0.5, 0.6) is 0 Å². The Labute approximate surface area is 161 Å². The van der Waals surface area contributed by atoms with Gasteiger partial charge in [0, 0.05) is 37.9 Å². The third-order valence-corrected chi connectivity index (χ3v) is 5.23. The average molecular weight is 367 g/mol. The van der Waals surface area contributed by atoms with Gasteiger partial charge in [-0.05, 0) is 31.0 Å². The van der Waals surface area contributed by atoms with E-state index >= 15 is 0 Å². The van der Waals surface area contributed by atoms with Gasteiger partial charge in [-0.15, -0.1) is 0 Å². The first-order valence-corrected chi connectivity index (χ1v) is 9.84. The van der Waals surface area contributed by atoms with E-state index in [0.29, 0.717) is 19.5 Å². The number of hydrogen-bond donors (Lipinski definition) is 0. The van der Waals surface area contributed by atoms with Crippen LogP contribution in [-0.4, -0.2) is 45.8 Å². The van der Waals surface area contributed by atoms with Crippen molar-refractivity contribution in [3.8, 4) is 0 Å². The van der Waals surface area contributed by atoms with Gasteiger partial charge in [-0.25, -0.2) is 0 Å². The van der Waals surface area contributed by atoms with E-state index in [1.54, 1.807) is 4.90 Å². The van der Waals surface area contributed by atoms with Gasteiger partial charge in [-0.1, -0.05) is 43.7 Å². The molecule has 5 nitrogen and oxygen atoms in total. The summed E-state index contributed by atoms with van der Waals surface area (Å²) in [5.41, 5.74) is 3.44. The van der Waals surface area contributed by atoms with E-state index in [0.717, 1.165) is 24.2 Å². The number of benzene rings is 1. The maximum Gasteiger partial charge on any atom is 0.243 e. The minimum atomic E-state index is -0.109. The van der Waals surface area contributed by atoms with Gasteiger partial charge < -0.3 is 14.4 Å². The van der Waals surface area contributed by atoms with Crippen molar-refractivity contribution in [2.75, 3.05) is 19.6 Å². The van der Waals surface area contributed by atoms with Crippen LogP contribution in [0.4, 0.5) is 0 Å². The van der Waals surface area contributed by atoms with Crippen LogP contribution >= 0.6 is 0 Å². The van der Waals surface area contributed by atoms with E-state index in [2.05, 4.69) is 48.0 Å². The summed E-state index contributed by atoms with van der Waals surface area (Å²) in [7, 11) is 0. The zero-order valence-electron chi connectivity index (χ0n) is 16.5. The van der Waals surface area contributed by atoms with Gasteiger partial charge in [0.25, 0.3) is 0 Å². The minimum Gasteiger partial charge on any atom is -0.348 e. The Kier molecular flexibility index (Phi) is 5.99. The number of hydrogen-bond acceptors (Lipinski definition) is 2. The Bertz CT molecular complexity index is 794. The standard InChI is InChI=1S/C22H29N3O2/c1-4-12-24(20(26)5-2)16-21(27)25-15-14-23-13-6-7-19(23)22(25)18-10-8-17(3)9-11-18/h6-11,13,22H,4-5,12,14-16H2,1-3H3/t22-/m1/s1. The number of nitrogens with zero attached hydrogens (tertiary/aromatic N) is 3. The molecule has 0 aliphatic carbocycles. The number of carbonyl (C=O) groups excluding carboxylic acids is 2. The molecule has 27 heavy (non-hydrogen) atoms. The smallest absolute Gasteiger partial charge is 0.243 e. The van der Waals surface area contributed by atoms with Crippen LogP contribution in [-0.2, 0) is 16.1 Å². The summed E-state index contributed by atoms with van der Waals surface area (Å²) in [5.74, 6) is 0.0562. The molecule has 0 saturated heterocycles. The van der Waals surface area contributed by atoms with Crippen LogP contribution < -0.4 is 0 Å². The van der Waals surface area contributed by atoms with E-state index in [-0.39, 0.29) is 24.4 Å². The van der Waals surface area contributed by atoms with Crippen LogP contribution in [0.3, 0.4) is 0 Å². The zero-order chi connectivity index (χ0) is 19.4. The molecule has 2 amide bonds. The minimum absolute atomic E-state index is 0.0169. The first kappa shape index (κ1) is 19.2. The van der Waals surface area contributed by atoms with Gasteiger partial charge >= 0.3 is 0 Å². The van der Waals surface area contributed by atoms with Gasteiger partial charge in [-0.2, -0.15) is 0 Å². The molecule has 144 valence electrons. The number of fused-ring (bicyclic) bond motifs is 1. The molecule has 1 atom stereocenters. The van der Waals surface area contributed by atoms with Crippen LogP contribution in [0.25, 0.3) is 0 Å². The Morgan fingerprint density at radius 2 is 1.85 bits per heavy atom. The van der Waals surface area contributed by atoms with Crippen LogP contribution in [0.15, 0.2) is 42.6 Å². The van der Waals surface area contributed by atoms with Crippen molar-refractivity contribution in [1.82, 2.24) is 14.4 Å². The quantitative estimate of drug-likeness (QED) is 0.786. The average Bonchev–Trinajstić information content (AvgIpc) is 3.15. The summed E-state index contributed by atoms with van der Waals surface area (Å²) < 4.78 is 2.22. The fraction of sp³-hybridized carbons (Fsp3) is 0.455. The van der Waals surface area contributed by atoms with E-state index in [1.807, 2.05) is 24.8 Å². The van der Waals surface area contributed by atoms with E-state index in [1.165, 1.54) is 5.56 Å². The van der Waals surface area contributed by atoms with Gasteiger partial charge in [-0.3, -0.25) is 9.59 Å². The van der Waals surface area contributed by atoms with E-state index in [9.17, 15) is 9.59 Å². The van der Waals surface area contributed by atoms with Crippen molar-refractivity contribution >= 4 is 11.8 Å². The third kappa shape index (κ3) is 4.07. The Morgan fingerprint density at radius 1 is 1.11 bits per heavy atom. The van der Waals surface area contributed by atoms with Crippen molar-refractivity contribution in [3.63, 3.8) is 0 Å². The fourth-order valence-electron chi connectivity index (χ4n) is 3.79. The first-order valence-electron chi connectivity index (χ1n) is 9.84. The van der Waals surface area contributed by atoms with Crippen LogP contribution in [0.2, 0.25) is 0 Å². The van der Waals surface area contributed by atoms with E-state index < -0.39 is 0 Å². The lowest BCUT2D eigenvalue weighted by Crippen LogP contribution is -2.48. The molecule has 0 spiro atoms. The first-order chi connectivity index (χ1) is 13.0. The number of carbonyl (C=O) groups is 2. The molecule has 0 saturated carbocycles. The lowest BCUT2D eigenvalue weighted by Gasteiger charge is -2.38. The maximum absolute atomic E-state index is 13.2. The zero-order valence-corrected chi connectivity index (χ0v) is 16.5. The highest BCUT2D eigenvalue weighted by atomic mass is 16.2. The van der Waals surface area contributed by atoms with Crippen molar-refractivity contribution in [1.29, 1.82) is 0 Å². The molecule has 2 aromatic rings. The van der Waals surface area contributed by atoms with Crippen molar-refractivity contribution < 1.29 is 9.59 Å². The Hall–Kier alpha value is -2.56. The SMILES string of the molecule is CCCN(CC(=O)N1CCn2cccc2[C@H]1c1ccc(C)cc1)C(=O)CC. The predicted molar refractivity (Wildman–Crippen MR) is 106 cm³/mol. The molecule has 1 aromatic carbocycles. The van der Waals surface area contributed by atoms with Gasteiger partial charge in [0.15, 0.2) is 0 Å². The summed E-state index contributed by atoms with van der Waals surface area (Å²) in [6.45, 7) is 8.16. The monoisotopic (exact) mass is 367 g/mol. The topological polar surface area (TPSA) is 45.6 Å². The van der Waals surface area contributed by atoms with Crippen LogP contribution in [0.1, 0.15) is 49.6 Å². The largest absolute Gasteiger partial charge is 0.348 e. The predicted octanol–water partition coefficient (Wildman–Crippen LogP) is 3.38. The molecule has 1 aliphatic heterocycles. The second-order valence-electron chi connectivity index (χ2n) is 7.20. The number of aromatic nitrogens is 1. The molecule has 0 bridgehead atoms. The highest BCUT2D eigenvalue weighted by Gasteiger charge is 2.33. The normalized spacial score (nSPS) is 16.1. The molecule has 0 N–H and O–H groups in total. The molecule has 3 rings (SSSR count). The molecular formula is C22H29N3O2. The Morgan fingerprint density at radius 3 is 2.52 bits per heavy atom. The second-order valence-corrected chi connectivity index (χ2v) is 7.20. The number of amides is 2. The van der Waals surface area contributed by atoms with Crippen molar-refractivity contribution in [2.24, 2.45) is 0 Å². The second kappa shape index (κ2) is 8.42. The highest BCUT2D eigenvalue weighted by molar-refractivity contribution is 5.85. The van der Waals surface area contributed by atoms with E-state index in [4.69, 9.17) is 0 Å². The molecular weight excluding hydrogens is 338 g/mol. The van der Waals surface area contributed by atoms with Gasteiger partial charge in [0.2, 0.25) is 11.8 Å². The number of aryl methyl sites for hydroxylation is 1. The molecule has 1 aromatic heterocycles. The number of rotatable bonds is 6. The summed E-state index contributed by atoms with van der Waals surface area (Å²) in [6, 6.07) is 12.4. The summed E-state index contributed by atoms with van der Waals surface area (Å²) in [6.07, 6.45) is 3.35. The molecule has 5 heteroatoms. The molecule has 0 radical (unpaired) electrons. The lowest BCUT2D eigenvalue weighted by atomic mass is 9.98. The highest BCUT2D eigenvalue weighted by Crippen LogP contribution is 2.32. The molecule has 2 heterocycles. The van der Waals surface area contributed by atoms with Gasteiger partial charge in [0.1, 0.15) is 0 Å². The maximum atomic E-state index is 13.2. The van der Waals surface area contributed by atoms with Crippen LogP contribution in [0, 0.1) is 6.92 Å².